The van der Waals surface area contributed by atoms with E-state index in [-0.39, 0.29) is 0 Å². The Kier molecular flexibility index (Phi) is 3.34. The fraction of sp³-hybridized carbons (Fsp3) is 0.600. The van der Waals surface area contributed by atoms with Crippen LogP contribution < -0.4 is 5.19 Å². The highest BCUT2D eigenvalue weighted by Crippen LogP contribution is 2.36. The lowest BCUT2D eigenvalue weighted by atomic mass is 9.98. The first-order chi connectivity index (χ1) is 8.39. The Bertz CT molecular complexity index is 352. The van der Waals surface area contributed by atoms with E-state index in [0.717, 1.165) is 0 Å². The van der Waals surface area contributed by atoms with Gasteiger partial charge in [0.05, 0.1) is 0 Å². The van der Waals surface area contributed by atoms with E-state index in [0.29, 0.717) is 6.10 Å². The molecule has 1 nitrogen and oxygen atoms in total. The van der Waals surface area contributed by atoms with Crippen LogP contribution >= 0.6 is 0 Å². The zero-order valence-electron chi connectivity index (χ0n) is 10.5. The molecule has 0 spiro atoms. The average Bonchev–Trinajstić information content (AvgIpc) is 2.36. The summed E-state index contributed by atoms with van der Waals surface area (Å²) in [6.45, 7) is 0. The van der Waals surface area contributed by atoms with Crippen molar-refractivity contribution in [3.05, 3.63) is 30.3 Å². The molecule has 1 heterocycles. The van der Waals surface area contributed by atoms with Gasteiger partial charge in [-0.1, -0.05) is 56.0 Å². The molecule has 1 saturated carbocycles. The first-order valence-corrected chi connectivity index (χ1v) is 9.45. The molecule has 1 saturated heterocycles. The lowest BCUT2D eigenvalue weighted by molar-refractivity contribution is 0.140. The smallest absolute Gasteiger partial charge is 0.224 e. The Morgan fingerprint density at radius 2 is 1.59 bits per heavy atom. The second kappa shape index (κ2) is 4.95. The van der Waals surface area contributed by atoms with Crippen LogP contribution in [-0.4, -0.2) is 14.4 Å². The fourth-order valence-electron chi connectivity index (χ4n) is 3.22. The number of benzene rings is 1. The summed E-state index contributed by atoms with van der Waals surface area (Å²) < 4.78 is 6.64. The number of rotatable bonds is 3. The Morgan fingerprint density at radius 3 is 2.18 bits per heavy atom. The maximum atomic E-state index is 6.64. The van der Waals surface area contributed by atoms with Crippen molar-refractivity contribution in [2.75, 3.05) is 0 Å². The molecule has 2 fully saturated rings. The van der Waals surface area contributed by atoms with Gasteiger partial charge in [0.2, 0.25) is 8.32 Å². The molecule has 0 atom stereocenters. The van der Waals surface area contributed by atoms with Crippen molar-refractivity contribution in [3.63, 3.8) is 0 Å². The zero-order chi connectivity index (χ0) is 11.6. The van der Waals surface area contributed by atoms with E-state index in [2.05, 4.69) is 30.3 Å². The van der Waals surface area contributed by atoms with Gasteiger partial charge in [0.25, 0.3) is 0 Å². The van der Waals surface area contributed by atoms with Gasteiger partial charge in [-0.3, -0.25) is 0 Å². The minimum atomic E-state index is -1.51. The van der Waals surface area contributed by atoms with E-state index < -0.39 is 8.32 Å². The van der Waals surface area contributed by atoms with Crippen LogP contribution in [0, 0.1) is 0 Å². The van der Waals surface area contributed by atoms with Crippen molar-refractivity contribution in [1.82, 2.24) is 0 Å². The summed E-state index contributed by atoms with van der Waals surface area (Å²) in [5.74, 6) is 0. The van der Waals surface area contributed by atoms with Gasteiger partial charge >= 0.3 is 0 Å². The van der Waals surface area contributed by atoms with Crippen molar-refractivity contribution in [2.45, 2.75) is 56.7 Å². The first-order valence-electron chi connectivity index (χ1n) is 7.12. The summed E-state index contributed by atoms with van der Waals surface area (Å²) in [5.41, 5.74) is 0. The molecule has 0 aromatic heterocycles. The monoisotopic (exact) mass is 246 g/mol. The van der Waals surface area contributed by atoms with Crippen LogP contribution in [-0.2, 0) is 4.43 Å². The molecule has 1 aromatic carbocycles. The van der Waals surface area contributed by atoms with E-state index in [1.807, 2.05) is 0 Å². The van der Waals surface area contributed by atoms with Crippen molar-refractivity contribution >= 4 is 13.5 Å². The van der Waals surface area contributed by atoms with Crippen molar-refractivity contribution in [2.24, 2.45) is 0 Å². The summed E-state index contributed by atoms with van der Waals surface area (Å²) in [5, 5.41) is 1.54. The maximum absolute atomic E-state index is 6.64. The van der Waals surface area contributed by atoms with Crippen LogP contribution in [0.1, 0.15) is 38.5 Å². The summed E-state index contributed by atoms with van der Waals surface area (Å²) in [7, 11) is -1.51. The van der Waals surface area contributed by atoms with Gasteiger partial charge < -0.3 is 4.43 Å². The lowest BCUT2D eigenvalue weighted by Gasteiger charge is -2.43. The standard InChI is InChI=1S/C15H22OSi/c1-3-8-14(9-4-1)16-17(12-7-13-17)15-10-5-2-6-11-15/h2,5-6,10-11,14H,1,3-4,7-9,12-13H2. The molecular formula is C15H22OSi. The van der Waals surface area contributed by atoms with Gasteiger partial charge in [-0.15, -0.1) is 0 Å². The molecular weight excluding hydrogens is 224 g/mol. The predicted octanol–water partition coefficient (Wildman–Crippen LogP) is 3.59. The lowest BCUT2D eigenvalue weighted by Crippen LogP contribution is -2.57. The molecule has 92 valence electrons. The molecule has 1 aromatic rings. The van der Waals surface area contributed by atoms with Crippen LogP contribution in [0.15, 0.2) is 30.3 Å². The van der Waals surface area contributed by atoms with Crippen LogP contribution in [0.4, 0.5) is 0 Å². The van der Waals surface area contributed by atoms with Gasteiger partial charge in [0.15, 0.2) is 0 Å². The Morgan fingerprint density at radius 1 is 0.882 bits per heavy atom. The summed E-state index contributed by atoms with van der Waals surface area (Å²) in [4.78, 5) is 0. The van der Waals surface area contributed by atoms with Crippen molar-refractivity contribution in [1.29, 1.82) is 0 Å². The fourth-order valence-corrected chi connectivity index (χ4v) is 6.84. The van der Waals surface area contributed by atoms with Gasteiger partial charge in [-0.05, 0) is 30.1 Å². The van der Waals surface area contributed by atoms with E-state index in [1.54, 1.807) is 0 Å². The van der Waals surface area contributed by atoms with Crippen LogP contribution in [0.2, 0.25) is 12.1 Å². The second-order valence-electron chi connectivity index (χ2n) is 5.59. The van der Waals surface area contributed by atoms with Gasteiger partial charge in [0.1, 0.15) is 0 Å². The third kappa shape index (κ3) is 2.34. The highest BCUT2D eigenvalue weighted by molar-refractivity contribution is 6.88. The Hall–Kier alpha value is -0.603. The molecule has 0 bridgehead atoms. The molecule has 1 aliphatic heterocycles. The van der Waals surface area contributed by atoms with Crippen LogP contribution in [0.3, 0.4) is 0 Å². The van der Waals surface area contributed by atoms with E-state index in [4.69, 9.17) is 4.43 Å². The largest absolute Gasteiger partial charge is 0.409 e. The highest BCUT2D eigenvalue weighted by atomic mass is 28.4. The molecule has 0 N–H and O–H groups in total. The van der Waals surface area contributed by atoms with Gasteiger partial charge in [-0.2, -0.15) is 0 Å². The van der Waals surface area contributed by atoms with Gasteiger partial charge in [-0.25, -0.2) is 0 Å². The number of hydrogen-bond acceptors (Lipinski definition) is 1. The van der Waals surface area contributed by atoms with Crippen LogP contribution in [0.25, 0.3) is 0 Å². The summed E-state index contributed by atoms with van der Waals surface area (Å²) in [6, 6.07) is 13.8. The molecule has 3 rings (SSSR count). The van der Waals surface area contributed by atoms with E-state index in [1.165, 1.54) is 55.8 Å². The van der Waals surface area contributed by atoms with Crippen LogP contribution in [0.5, 0.6) is 0 Å². The number of hydrogen-bond donors (Lipinski definition) is 0. The Balaban J connectivity index is 1.73. The van der Waals surface area contributed by atoms with Gasteiger partial charge in [0, 0.05) is 6.10 Å². The highest BCUT2D eigenvalue weighted by Gasteiger charge is 2.45. The predicted molar refractivity (Wildman–Crippen MR) is 74.0 cm³/mol. The molecule has 2 aliphatic rings. The summed E-state index contributed by atoms with van der Waals surface area (Å²) >= 11 is 0. The molecule has 0 radical (unpaired) electrons. The van der Waals surface area contributed by atoms with Crippen molar-refractivity contribution in [3.8, 4) is 0 Å². The zero-order valence-corrected chi connectivity index (χ0v) is 11.5. The Labute approximate surface area is 105 Å². The first kappa shape index (κ1) is 11.5. The average molecular weight is 246 g/mol. The molecule has 1 aliphatic carbocycles. The summed E-state index contributed by atoms with van der Waals surface area (Å²) in [6.07, 6.45) is 8.75. The molecule has 0 unspecified atom stereocenters. The third-order valence-corrected chi connectivity index (χ3v) is 8.90. The maximum Gasteiger partial charge on any atom is 0.224 e. The molecule has 0 amide bonds. The second-order valence-corrected chi connectivity index (χ2v) is 9.39. The van der Waals surface area contributed by atoms with E-state index in [9.17, 15) is 0 Å². The topological polar surface area (TPSA) is 9.23 Å². The van der Waals surface area contributed by atoms with Crippen molar-refractivity contribution < 1.29 is 4.43 Å². The third-order valence-electron chi connectivity index (χ3n) is 4.41. The minimum absolute atomic E-state index is 0.580. The molecule has 2 heteroatoms. The normalized spacial score (nSPS) is 24.2. The quantitative estimate of drug-likeness (QED) is 0.741. The SMILES string of the molecule is c1ccc([Si]2(OC3CCCCC3)CCC2)cc1. The minimum Gasteiger partial charge on any atom is -0.409 e. The van der Waals surface area contributed by atoms with E-state index >= 15 is 0 Å². The molecule has 17 heavy (non-hydrogen) atoms.